The lowest BCUT2D eigenvalue weighted by Crippen LogP contribution is -2.50. The van der Waals surface area contributed by atoms with Crippen molar-refractivity contribution >= 4 is 15.9 Å². The van der Waals surface area contributed by atoms with Crippen LogP contribution in [0, 0.1) is 19.8 Å². The van der Waals surface area contributed by atoms with Crippen LogP contribution < -0.4 is 9.46 Å². The Morgan fingerprint density at radius 1 is 1.16 bits per heavy atom. The zero-order chi connectivity index (χ0) is 18.8. The fraction of sp³-hybridized carbons (Fsp3) is 0.611. The van der Waals surface area contributed by atoms with Crippen molar-refractivity contribution in [2.24, 2.45) is 5.92 Å². The Morgan fingerprint density at radius 2 is 1.76 bits per heavy atom. The predicted octanol–water partition coefficient (Wildman–Crippen LogP) is 2.24. The van der Waals surface area contributed by atoms with Crippen LogP contribution in [-0.2, 0) is 14.8 Å². The number of carbonyl (C=O) groups excluding carboxylic acids is 1. The van der Waals surface area contributed by atoms with Crippen LogP contribution in [0.3, 0.4) is 0 Å². The van der Waals surface area contributed by atoms with E-state index >= 15 is 0 Å². The normalized spacial score (nSPS) is 16.3. The second-order valence-corrected chi connectivity index (χ2v) is 8.65. The standard InChI is InChI=1S/C18H28N2O4S/c1-12(2)17(18(21)20-8-6-7-9-20)19-25(22,23)16-11-13(3)15(24-5)10-14(16)4/h10-12,17,19H,6-9H2,1-5H3/t17-/m0/s1. The summed E-state index contributed by atoms with van der Waals surface area (Å²) in [7, 11) is -2.26. The van der Waals surface area contributed by atoms with Crippen molar-refractivity contribution in [3.05, 3.63) is 23.3 Å². The SMILES string of the molecule is COc1cc(C)c(S(=O)(=O)N[C@H](C(=O)N2CCCC2)C(C)C)cc1C. The molecule has 1 atom stereocenters. The highest BCUT2D eigenvalue weighted by Crippen LogP contribution is 2.26. The molecule has 25 heavy (non-hydrogen) atoms. The van der Waals surface area contributed by atoms with Gasteiger partial charge >= 0.3 is 0 Å². The van der Waals surface area contributed by atoms with Gasteiger partial charge in [-0.15, -0.1) is 0 Å². The Bertz CT molecular complexity index is 738. The summed E-state index contributed by atoms with van der Waals surface area (Å²) in [6.07, 6.45) is 1.94. The van der Waals surface area contributed by atoms with Crippen molar-refractivity contribution in [1.82, 2.24) is 9.62 Å². The van der Waals surface area contributed by atoms with E-state index in [2.05, 4.69) is 4.72 Å². The average Bonchev–Trinajstić information content (AvgIpc) is 3.07. The van der Waals surface area contributed by atoms with Gasteiger partial charge < -0.3 is 9.64 Å². The number of ether oxygens (including phenoxy) is 1. The summed E-state index contributed by atoms with van der Waals surface area (Å²) in [5, 5.41) is 0. The first kappa shape index (κ1) is 19.7. The fourth-order valence-electron chi connectivity index (χ4n) is 3.11. The van der Waals surface area contributed by atoms with E-state index in [9.17, 15) is 13.2 Å². The van der Waals surface area contributed by atoms with Gasteiger partial charge in [-0.05, 0) is 55.9 Å². The molecule has 1 aliphatic rings. The van der Waals surface area contributed by atoms with Crippen molar-refractivity contribution < 1.29 is 17.9 Å². The zero-order valence-corrected chi connectivity index (χ0v) is 16.4. The molecule has 0 unspecified atom stereocenters. The first-order valence-corrected chi connectivity index (χ1v) is 10.1. The Kier molecular flexibility index (Phi) is 6.11. The highest BCUT2D eigenvalue weighted by atomic mass is 32.2. The van der Waals surface area contributed by atoms with Crippen LogP contribution in [0.2, 0.25) is 0 Å². The summed E-state index contributed by atoms with van der Waals surface area (Å²) in [5.41, 5.74) is 1.33. The molecular formula is C18H28N2O4S. The zero-order valence-electron chi connectivity index (χ0n) is 15.6. The van der Waals surface area contributed by atoms with Crippen LogP contribution in [0.25, 0.3) is 0 Å². The molecule has 140 valence electrons. The van der Waals surface area contributed by atoms with Gasteiger partial charge in [-0.2, -0.15) is 4.72 Å². The predicted molar refractivity (Wildman–Crippen MR) is 97.2 cm³/mol. The van der Waals surface area contributed by atoms with Crippen molar-refractivity contribution in [3.63, 3.8) is 0 Å². The molecule has 0 radical (unpaired) electrons. The number of nitrogens with one attached hydrogen (secondary N) is 1. The topological polar surface area (TPSA) is 75.7 Å². The van der Waals surface area contributed by atoms with Crippen molar-refractivity contribution in [1.29, 1.82) is 0 Å². The molecule has 1 saturated heterocycles. The molecule has 1 heterocycles. The number of rotatable bonds is 6. The third-order valence-electron chi connectivity index (χ3n) is 4.61. The van der Waals surface area contributed by atoms with E-state index in [1.165, 1.54) is 0 Å². The lowest BCUT2D eigenvalue weighted by Gasteiger charge is -2.27. The number of sulfonamides is 1. The van der Waals surface area contributed by atoms with Crippen LogP contribution in [-0.4, -0.2) is 45.5 Å². The van der Waals surface area contributed by atoms with E-state index in [0.717, 1.165) is 18.4 Å². The van der Waals surface area contributed by atoms with Gasteiger partial charge in [-0.1, -0.05) is 13.8 Å². The molecule has 1 aromatic carbocycles. The Labute approximate surface area is 150 Å². The summed E-state index contributed by atoms with van der Waals surface area (Å²) >= 11 is 0. The van der Waals surface area contributed by atoms with Gasteiger partial charge in [0, 0.05) is 13.1 Å². The minimum atomic E-state index is -3.81. The quantitative estimate of drug-likeness (QED) is 0.835. The number of hydrogen-bond acceptors (Lipinski definition) is 4. The third kappa shape index (κ3) is 4.33. The summed E-state index contributed by atoms with van der Waals surface area (Å²) in [6, 6.07) is 2.54. The number of aryl methyl sites for hydroxylation is 2. The van der Waals surface area contributed by atoms with E-state index in [4.69, 9.17) is 4.74 Å². The van der Waals surface area contributed by atoms with E-state index in [0.29, 0.717) is 24.4 Å². The van der Waals surface area contributed by atoms with Crippen LogP contribution >= 0.6 is 0 Å². The summed E-state index contributed by atoms with van der Waals surface area (Å²) in [5.74, 6) is 0.367. The molecule has 1 N–H and O–H groups in total. The van der Waals surface area contributed by atoms with Gasteiger partial charge in [0.15, 0.2) is 0 Å². The lowest BCUT2D eigenvalue weighted by atomic mass is 10.0. The van der Waals surface area contributed by atoms with E-state index < -0.39 is 16.1 Å². The molecule has 7 heteroatoms. The average molecular weight is 368 g/mol. The van der Waals surface area contributed by atoms with Gasteiger partial charge in [0.05, 0.1) is 12.0 Å². The highest BCUT2D eigenvalue weighted by Gasteiger charge is 2.33. The Hall–Kier alpha value is -1.60. The van der Waals surface area contributed by atoms with Gasteiger partial charge in [0.2, 0.25) is 15.9 Å². The monoisotopic (exact) mass is 368 g/mol. The minimum absolute atomic E-state index is 0.137. The van der Waals surface area contributed by atoms with Crippen LogP contribution in [0.5, 0.6) is 5.75 Å². The molecule has 2 rings (SSSR count). The molecule has 1 aromatic rings. The van der Waals surface area contributed by atoms with Crippen molar-refractivity contribution in [2.75, 3.05) is 20.2 Å². The maximum atomic E-state index is 12.9. The molecular weight excluding hydrogens is 340 g/mol. The van der Waals surface area contributed by atoms with Crippen LogP contribution in [0.1, 0.15) is 37.8 Å². The van der Waals surface area contributed by atoms with E-state index in [1.54, 1.807) is 38.0 Å². The molecule has 0 aliphatic carbocycles. The Balaban J connectivity index is 2.31. The molecule has 0 saturated carbocycles. The molecule has 1 amide bonds. The second kappa shape index (κ2) is 7.74. The molecule has 1 aliphatic heterocycles. The van der Waals surface area contributed by atoms with Crippen molar-refractivity contribution in [3.8, 4) is 5.75 Å². The lowest BCUT2D eigenvalue weighted by molar-refractivity contribution is -0.132. The van der Waals surface area contributed by atoms with Gasteiger partial charge in [-0.3, -0.25) is 4.79 Å². The number of nitrogens with zero attached hydrogens (tertiary/aromatic N) is 1. The third-order valence-corrected chi connectivity index (χ3v) is 6.20. The molecule has 6 nitrogen and oxygen atoms in total. The summed E-state index contributed by atoms with van der Waals surface area (Å²) in [6.45, 7) is 8.63. The molecule has 1 fully saturated rings. The maximum Gasteiger partial charge on any atom is 0.241 e. The van der Waals surface area contributed by atoms with Crippen LogP contribution in [0.4, 0.5) is 0 Å². The van der Waals surface area contributed by atoms with Gasteiger partial charge in [0.25, 0.3) is 0 Å². The second-order valence-electron chi connectivity index (χ2n) is 6.96. The van der Waals surface area contributed by atoms with Gasteiger partial charge in [0.1, 0.15) is 11.8 Å². The highest BCUT2D eigenvalue weighted by molar-refractivity contribution is 7.89. The fourth-order valence-corrected chi connectivity index (χ4v) is 4.76. The smallest absolute Gasteiger partial charge is 0.241 e. The number of amides is 1. The van der Waals surface area contributed by atoms with E-state index in [-0.39, 0.29) is 16.7 Å². The van der Waals surface area contributed by atoms with E-state index in [1.807, 2.05) is 13.8 Å². The molecule has 0 bridgehead atoms. The largest absolute Gasteiger partial charge is 0.496 e. The first-order valence-electron chi connectivity index (χ1n) is 8.63. The Morgan fingerprint density at radius 3 is 2.28 bits per heavy atom. The molecule has 0 aromatic heterocycles. The summed E-state index contributed by atoms with van der Waals surface area (Å²) in [4.78, 5) is 14.7. The number of likely N-dealkylation sites (tertiary alicyclic amines) is 1. The number of methoxy groups -OCH3 is 1. The molecule has 0 spiro atoms. The number of benzene rings is 1. The maximum absolute atomic E-state index is 12.9. The van der Waals surface area contributed by atoms with Crippen molar-refractivity contribution in [2.45, 2.75) is 51.5 Å². The number of carbonyl (C=O) groups is 1. The van der Waals surface area contributed by atoms with Gasteiger partial charge in [-0.25, -0.2) is 8.42 Å². The summed E-state index contributed by atoms with van der Waals surface area (Å²) < 4.78 is 33.7. The minimum Gasteiger partial charge on any atom is -0.496 e. The number of hydrogen-bond donors (Lipinski definition) is 1. The van der Waals surface area contributed by atoms with Crippen LogP contribution in [0.15, 0.2) is 17.0 Å². The first-order chi connectivity index (χ1) is 11.7.